The Kier molecular flexibility index (Phi) is 3.41. The summed E-state index contributed by atoms with van der Waals surface area (Å²) in [4.78, 5) is 1.42. The van der Waals surface area contributed by atoms with Gasteiger partial charge < -0.3 is 10.1 Å². The minimum atomic E-state index is 0.341. The fourth-order valence-electron chi connectivity index (χ4n) is 1.78. The second-order valence-corrected chi connectivity index (χ2v) is 4.78. The molecule has 0 unspecified atom stereocenters. The molecule has 0 bridgehead atoms. The third-order valence-corrected chi connectivity index (χ3v) is 3.01. The number of hydrogen-bond donors (Lipinski definition) is 1. The fourth-order valence-corrected chi connectivity index (χ4v) is 1.78. The number of benzene rings is 1. The first-order valence-corrected chi connectivity index (χ1v) is 6.47. The van der Waals surface area contributed by atoms with E-state index in [1.54, 1.807) is 7.05 Å². The first kappa shape index (κ1) is 12.1. The van der Waals surface area contributed by atoms with Gasteiger partial charge in [0.1, 0.15) is 5.75 Å². The van der Waals surface area contributed by atoms with Crippen molar-refractivity contribution in [2.45, 2.75) is 32.0 Å². The number of hydrogen-bond acceptors (Lipinski definition) is 5. The van der Waals surface area contributed by atoms with Crippen molar-refractivity contribution in [2.75, 3.05) is 0 Å². The summed E-state index contributed by atoms with van der Waals surface area (Å²) in [5, 5.41) is 15.2. The Bertz CT molecular complexity index is 532. The van der Waals surface area contributed by atoms with E-state index in [1.165, 1.54) is 23.2 Å². The van der Waals surface area contributed by atoms with E-state index in [9.17, 15) is 0 Å². The molecule has 6 heteroatoms. The van der Waals surface area contributed by atoms with E-state index in [2.05, 4.69) is 32.9 Å². The molecule has 1 aliphatic carbocycles. The van der Waals surface area contributed by atoms with Crippen LogP contribution >= 0.6 is 0 Å². The summed E-state index contributed by atoms with van der Waals surface area (Å²) in [6.07, 6.45) is 2.62. The van der Waals surface area contributed by atoms with Crippen LogP contribution in [-0.4, -0.2) is 26.2 Å². The molecule has 1 saturated carbocycles. The average molecular weight is 259 g/mol. The quantitative estimate of drug-likeness (QED) is 0.839. The van der Waals surface area contributed by atoms with Crippen molar-refractivity contribution in [2.24, 2.45) is 7.05 Å². The predicted molar refractivity (Wildman–Crippen MR) is 69.4 cm³/mol. The highest BCUT2D eigenvalue weighted by Crippen LogP contribution is 2.20. The van der Waals surface area contributed by atoms with Crippen molar-refractivity contribution in [1.29, 1.82) is 0 Å². The number of aryl methyl sites for hydroxylation is 1. The normalized spacial score (nSPS) is 14.6. The van der Waals surface area contributed by atoms with Crippen molar-refractivity contribution in [3.05, 3.63) is 35.7 Å². The molecule has 3 rings (SSSR count). The molecule has 0 amide bonds. The molecule has 0 saturated heterocycles. The maximum Gasteiger partial charge on any atom is 0.212 e. The molecule has 19 heavy (non-hydrogen) atoms. The van der Waals surface area contributed by atoms with Gasteiger partial charge in [-0.15, -0.1) is 10.2 Å². The molecule has 0 radical (unpaired) electrons. The summed E-state index contributed by atoms with van der Waals surface area (Å²) >= 11 is 0. The van der Waals surface area contributed by atoms with Crippen LogP contribution in [0.5, 0.6) is 5.75 Å². The van der Waals surface area contributed by atoms with Crippen LogP contribution in [-0.2, 0) is 20.2 Å². The minimum Gasteiger partial charge on any atom is -0.485 e. The second-order valence-electron chi connectivity index (χ2n) is 4.78. The predicted octanol–water partition coefficient (Wildman–Crippen LogP) is 1.04. The second kappa shape index (κ2) is 5.36. The third kappa shape index (κ3) is 3.51. The van der Waals surface area contributed by atoms with E-state index in [-0.39, 0.29) is 0 Å². The van der Waals surface area contributed by atoms with Gasteiger partial charge in [0.25, 0.3) is 0 Å². The minimum absolute atomic E-state index is 0.341. The number of rotatable bonds is 6. The van der Waals surface area contributed by atoms with E-state index in [4.69, 9.17) is 4.74 Å². The van der Waals surface area contributed by atoms with Gasteiger partial charge in [-0.3, -0.25) is 0 Å². The number of nitrogens with zero attached hydrogens (tertiary/aromatic N) is 4. The standard InChI is InChI=1S/C13H17N5O/c1-18-16-13(15-17-18)9-19-12-6-2-10(3-7-12)8-14-11-4-5-11/h2-3,6-7,11,14H,4-5,8-9H2,1H3. The van der Waals surface area contributed by atoms with Crippen LogP contribution in [0, 0.1) is 0 Å². The SMILES string of the molecule is Cn1nnc(COc2ccc(CNC3CC3)cc2)n1. The molecular formula is C13H17N5O. The highest BCUT2D eigenvalue weighted by Gasteiger charge is 2.19. The Labute approximate surface area is 111 Å². The number of ether oxygens (including phenoxy) is 1. The maximum atomic E-state index is 5.60. The van der Waals surface area contributed by atoms with Gasteiger partial charge in [-0.25, -0.2) is 0 Å². The zero-order valence-electron chi connectivity index (χ0n) is 10.9. The maximum absolute atomic E-state index is 5.60. The van der Waals surface area contributed by atoms with Crippen molar-refractivity contribution in [1.82, 2.24) is 25.5 Å². The first-order valence-electron chi connectivity index (χ1n) is 6.47. The van der Waals surface area contributed by atoms with Crippen molar-refractivity contribution in [3.63, 3.8) is 0 Å². The van der Waals surface area contributed by atoms with E-state index in [0.717, 1.165) is 18.3 Å². The summed E-state index contributed by atoms with van der Waals surface area (Å²) in [5.41, 5.74) is 1.27. The molecule has 0 atom stereocenters. The van der Waals surface area contributed by atoms with Crippen molar-refractivity contribution in [3.8, 4) is 5.75 Å². The van der Waals surface area contributed by atoms with Gasteiger partial charge >= 0.3 is 0 Å². The molecule has 6 nitrogen and oxygen atoms in total. The lowest BCUT2D eigenvalue weighted by atomic mass is 10.2. The largest absolute Gasteiger partial charge is 0.485 e. The van der Waals surface area contributed by atoms with Crippen molar-refractivity contribution < 1.29 is 4.74 Å². The summed E-state index contributed by atoms with van der Waals surface area (Å²) in [6, 6.07) is 8.84. The van der Waals surface area contributed by atoms with Crippen molar-refractivity contribution >= 4 is 0 Å². The van der Waals surface area contributed by atoms with Crippen LogP contribution < -0.4 is 10.1 Å². The van der Waals surface area contributed by atoms with E-state index in [1.807, 2.05) is 12.1 Å². The van der Waals surface area contributed by atoms with Crippen LogP contribution in [0.2, 0.25) is 0 Å². The van der Waals surface area contributed by atoms with Gasteiger partial charge in [0.2, 0.25) is 5.82 Å². The molecule has 1 heterocycles. The lowest BCUT2D eigenvalue weighted by molar-refractivity contribution is 0.295. The summed E-state index contributed by atoms with van der Waals surface area (Å²) in [7, 11) is 1.73. The molecule has 0 aliphatic heterocycles. The highest BCUT2D eigenvalue weighted by atomic mass is 16.5. The first-order chi connectivity index (χ1) is 9.29. The molecule has 2 aromatic rings. The highest BCUT2D eigenvalue weighted by molar-refractivity contribution is 5.27. The number of aromatic nitrogens is 4. The average Bonchev–Trinajstić information content (AvgIpc) is 3.17. The number of tetrazole rings is 1. The van der Waals surface area contributed by atoms with E-state index < -0.39 is 0 Å². The molecule has 1 aromatic heterocycles. The van der Waals surface area contributed by atoms with Crippen LogP contribution in [0.4, 0.5) is 0 Å². The van der Waals surface area contributed by atoms with E-state index in [0.29, 0.717) is 12.4 Å². The Morgan fingerprint density at radius 2 is 2.11 bits per heavy atom. The summed E-state index contributed by atoms with van der Waals surface area (Å²) in [6.45, 7) is 1.27. The van der Waals surface area contributed by atoms with Crippen LogP contribution in [0.3, 0.4) is 0 Å². The smallest absolute Gasteiger partial charge is 0.212 e. The Morgan fingerprint density at radius 3 is 2.74 bits per heavy atom. The molecule has 1 fully saturated rings. The topological polar surface area (TPSA) is 64.9 Å². The zero-order valence-corrected chi connectivity index (χ0v) is 10.9. The summed E-state index contributed by atoms with van der Waals surface area (Å²) < 4.78 is 5.60. The van der Waals surface area contributed by atoms with Gasteiger partial charge in [-0.1, -0.05) is 12.1 Å². The Morgan fingerprint density at radius 1 is 1.32 bits per heavy atom. The Hall–Kier alpha value is -1.95. The molecular weight excluding hydrogens is 242 g/mol. The molecule has 100 valence electrons. The fraction of sp³-hybridized carbons (Fsp3) is 0.462. The third-order valence-electron chi connectivity index (χ3n) is 3.01. The van der Waals surface area contributed by atoms with E-state index >= 15 is 0 Å². The van der Waals surface area contributed by atoms with Gasteiger partial charge in [0.05, 0.1) is 7.05 Å². The molecule has 1 aliphatic rings. The molecule has 0 spiro atoms. The monoisotopic (exact) mass is 259 g/mol. The number of nitrogens with one attached hydrogen (secondary N) is 1. The van der Waals surface area contributed by atoms with Gasteiger partial charge in [0, 0.05) is 12.6 Å². The lowest BCUT2D eigenvalue weighted by Crippen LogP contribution is -2.15. The summed E-state index contributed by atoms with van der Waals surface area (Å²) in [5.74, 6) is 1.41. The lowest BCUT2D eigenvalue weighted by Gasteiger charge is -2.06. The van der Waals surface area contributed by atoms with Crippen LogP contribution in [0.15, 0.2) is 24.3 Å². The van der Waals surface area contributed by atoms with Crippen LogP contribution in [0.1, 0.15) is 24.2 Å². The van der Waals surface area contributed by atoms with Gasteiger partial charge in [0.15, 0.2) is 6.61 Å². The van der Waals surface area contributed by atoms with Gasteiger partial charge in [-0.05, 0) is 35.8 Å². The van der Waals surface area contributed by atoms with Gasteiger partial charge in [-0.2, -0.15) is 4.80 Å². The van der Waals surface area contributed by atoms with Crippen LogP contribution in [0.25, 0.3) is 0 Å². The zero-order chi connectivity index (χ0) is 13.1. The molecule has 1 aromatic carbocycles. The Balaban J connectivity index is 1.50. The molecule has 1 N–H and O–H groups in total.